The van der Waals surface area contributed by atoms with Crippen LogP contribution in [0.15, 0.2) is 18.2 Å². The molecule has 3 rings (SSSR count). The SMILES string of the molecule is COc1ccc2c(c1)CCNC21CCC1. The zero-order valence-corrected chi connectivity index (χ0v) is 9.18. The fourth-order valence-electron chi connectivity index (χ4n) is 2.88. The summed E-state index contributed by atoms with van der Waals surface area (Å²) in [6, 6.07) is 6.54. The number of benzene rings is 1. The van der Waals surface area contributed by atoms with Gasteiger partial charge in [0.05, 0.1) is 7.11 Å². The Balaban J connectivity index is 2.05. The fourth-order valence-corrected chi connectivity index (χ4v) is 2.88. The van der Waals surface area contributed by atoms with E-state index in [1.165, 1.54) is 30.4 Å². The number of nitrogens with one attached hydrogen (secondary N) is 1. The minimum absolute atomic E-state index is 0.319. The molecule has 0 aromatic heterocycles. The summed E-state index contributed by atoms with van der Waals surface area (Å²) in [6.45, 7) is 1.11. The molecule has 1 heterocycles. The lowest BCUT2D eigenvalue weighted by Crippen LogP contribution is -2.51. The van der Waals surface area contributed by atoms with E-state index in [-0.39, 0.29) is 0 Å². The Kier molecular flexibility index (Phi) is 1.99. The zero-order chi connectivity index (χ0) is 10.3. The van der Waals surface area contributed by atoms with Crippen LogP contribution in [-0.4, -0.2) is 13.7 Å². The molecule has 2 aliphatic rings. The van der Waals surface area contributed by atoms with E-state index in [9.17, 15) is 0 Å². The average molecular weight is 203 g/mol. The minimum atomic E-state index is 0.319. The van der Waals surface area contributed by atoms with E-state index >= 15 is 0 Å². The van der Waals surface area contributed by atoms with Crippen molar-refractivity contribution in [2.75, 3.05) is 13.7 Å². The van der Waals surface area contributed by atoms with Crippen LogP contribution in [0.3, 0.4) is 0 Å². The molecule has 1 aliphatic heterocycles. The molecule has 0 atom stereocenters. The first-order chi connectivity index (χ1) is 7.34. The molecule has 0 unspecified atom stereocenters. The van der Waals surface area contributed by atoms with Crippen molar-refractivity contribution in [1.82, 2.24) is 5.32 Å². The van der Waals surface area contributed by atoms with Crippen LogP contribution in [0.5, 0.6) is 5.75 Å². The van der Waals surface area contributed by atoms with Gasteiger partial charge in [0.15, 0.2) is 0 Å². The van der Waals surface area contributed by atoms with Gasteiger partial charge in [-0.2, -0.15) is 0 Å². The monoisotopic (exact) mass is 203 g/mol. The first-order valence-corrected chi connectivity index (χ1v) is 5.76. The van der Waals surface area contributed by atoms with E-state index in [2.05, 4.69) is 23.5 Å². The van der Waals surface area contributed by atoms with Gasteiger partial charge >= 0.3 is 0 Å². The van der Waals surface area contributed by atoms with Crippen molar-refractivity contribution in [3.63, 3.8) is 0 Å². The lowest BCUT2D eigenvalue weighted by Gasteiger charge is -2.47. The van der Waals surface area contributed by atoms with Crippen LogP contribution in [0.4, 0.5) is 0 Å². The maximum Gasteiger partial charge on any atom is 0.119 e. The molecule has 1 saturated carbocycles. The summed E-state index contributed by atoms with van der Waals surface area (Å²) < 4.78 is 5.28. The van der Waals surface area contributed by atoms with Gasteiger partial charge in [-0.3, -0.25) is 0 Å². The maximum atomic E-state index is 5.28. The van der Waals surface area contributed by atoms with Gasteiger partial charge < -0.3 is 10.1 Å². The summed E-state index contributed by atoms with van der Waals surface area (Å²) in [6.07, 6.45) is 5.09. The Morgan fingerprint density at radius 2 is 2.20 bits per heavy atom. The predicted molar refractivity (Wildman–Crippen MR) is 60.2 cm³/mol. The third kappa shape index (κ3) is 1.28. The standard InChI is InChI=1S/C13H17NO/c1-15-11-3-4-12-10(9-11)5-8-14-13(12)6-2-7-13/h3-4,9,14H,2,5-8H2,1H3. The van der Waals surface area contributed by atoms with E-state index in [1.807, 2.05) is 0 Å². The van der Waals surface area contributed by atoms with E-state index in [4.69, 9.17) is 4.74 Å². The number of rotatable bonds is 1. The summed E-state index contributed by atoms with van der Waals surface area (Å²) in [5, 5.41) is 3.68. The molecule has 15 heavy (non-hydrogen) atoms. The van der Waals surface area contributed by atoms with Crippen molar-refractivity contribution in [1.29, 1.82) is 0 Å². The van der Waals surface area contributed by atoms with E-state index in [0.29, 0.717) is 5.54 Å². The van der Waals surface area contributed by atoms with Crippen LogP contribution in [-0.2, 0) is 12.0 Å². The Hall–Kier alpha value is -1.02. The molecule has 1 aromatic carbocycles. The molecular formula is C13H17NO. The maximum absolute atomic E-state index is 5.28. The molecule has 1 aromatic rings. The quantitative estimate of drug-likeness (QED) is 0.755. The lowest BCUT2D eigenvalue weighted by atomic mass is 9.68. The van der Waals surface area contributed by atoms with Crippen LogP contribution < -0.4 is 10.1 Å². The Morgan fingerprint density at radius 3 is 2.87 bits per heavy atom. The van der Waals surface area contributed by atoms with Gasteiger partial charge in [0, 0.05) is 12.1 Å². The summed E-state index contributed by atoms with van der Waals surface area (Å²) in [7, 11) is 1.74. The van der Waals surface area contributed by atoms with Gasteiger partial charge in [0.2, 0.25) is 0 Å². The van der Waals surface area contributed by atoms with E-state index in [1.54, 1.807) is 7.11 Å². The first-order valence-electron chi connectivity index (χ1n) is 5.76. The summed E-state index contributed by atoms with van der Waals surface area (Å²) >= 11 is 0. The van der Waals surface area contributed by atoms with Crippen molar-refractivity contribution in [3.05, 3.63) is 29.3 Å². The van der Waals surface area contributed by atoms with Crippen LogP contribution in [0.1, 0.15) is 30.4 Å². The summed E-state index contributed by atoms with van der Waals surface area (Å²) in [5.41, 5.74) is 3.31. The molecule has 1 fully saturated rings. The topological polar surface area (TPSA) is 21.3 Å². The molecule has 1 spiro atoms. The fraction of sp³-hybridized carbons (Fsp3) is 0.538. The van der Waals surface area contributed by atoms with Crippen molar-refractivity contribution in [2.45, 2.75) is 31.2 Å². The molecule has 0 radical (unpaired) electrons. The highest BCUT2D eigenvalue weighted by molar-refractivity contribution is 5.42. The van der Waals surface area contributed by atoms with Gasteiger partial charge in [0.25, 0.3) is 0 Å². The van der Waals surface area contributed by atoms with Crippen molar-refractivity contribution < 1.29 is 4.74 Å². The van der Waals surface area contributed by atoms with Gasteiger partial charge in [-0.1, -0.05) is 6.07 Å². The lowest BCUT2D eigenvalue weighted by molar-refractivity contribution is 0.176. The van der Waals surface area contributed by atoms with E-state index in [0.717, 1.165) is 18.7 Å². The van der Waals surface area contributed by atoms with E-state index < -0.39 is 0 Å². The number of ether oxygens (including phenoxy) is 1. The predicted octanol–water partition coefficient (Wildman–Crippen LogP) is 2.22. The molecule has 0 bridgehead atoms. The van der Waals surface area contributed by atoms with Gasteiger partial charge in [0.1, 0.15) is 5.75 Å². The molecular weight excluding hydrogens is 186 g/mol. The average Bonchev–Trinajstić information content (AvgIpc) is 2.25. The Bertz CT molecular complexity index is 382. The number of hydrogen-bond donors (Lipinski definition) is 1. The highest BCUT2D eigenvalue weighted by Crippen LogP contribution is 2.45. The third-order valence-electron chi connectivity index (χ3n) is 3.89. The largest absolute Gasteiger partial charge is 0.497 e. The molecule has 2 nitrogen and oxygen atoms in total. The molecule has 1 N–H and O–H groups in total. The van der Waals surface area contributed by atoms with Gasteiger partial charge in [-0.05, 0) is 48.9 Å². The minimum Gasteiger partial charge on any atom is -0.497 e. The van der Waals surface area contributed by atoms with Gasteiger partial charge in [-0.15, -0.1) is 0 Å². The number of fused-ring (bicyclic) bond motifs is 2. The van der Waals surface area contributed by atoms with Crippen molar-refractivity contribution in [3.8, 4) is 5.75 Å². The Morgan fingerprint density at radius 1 is 1.33 bits per heavy atom. The second kappa shape index (κ2) is 3.24. The molecule has 80 valence electrons. The van der Waals surface area contributed by atoms with Crippen molar-refractivity contribution >= 4 is 0 Å². The van der Waals surface area contributed by atoms with Crippen LogP contribution in [0.25, 0.3) is 0 Å². The summed E-state index contributed by atoms with van der Waals surface area (Å²) in [4.78, 5) is 0. The second-order valence-electron chi connectivity index (χ2n) is 4.64. The second-order valence-corrected chi connectivity index (χ2v) is 4.64. The zero-order valence-electron chi connectivity index (χ0n) is 9.18. The number of hydrogen-bond acceptors (Lipinski definition) is 2. The molecule has 0 saturated heterocycles. The normalized spacial score (nSPS) is 21.9. The van der Waals surface area contributed by atoms with Crippen molar-refractivity contribution in [2.24, 2.45) is 0 Å². The summed E-state index contributed by atoms with van der Waals surface area (Å²) in [5.74, 6) is 0.991. The van der Waals surface area contributed by atoms with Crippen LogP contribution >= 0.6 is 0 Å². The smallest absolute Gasteiger partial charge is 0.119 e. The van der Waals surface area contributed by atoms with Gasteiger partial charge in [-0.25, -0.2) is 0 Å². The molecule has 2 heteroatoms. The first kappa shape index (κ1) is 9.22. The van der Waals surface area contributed by atoms with Crippen LogP contribution in [0.2, 0.25) is 0 Å². The molecule has 0 amide bonds. The highest BCUT2D eigenvalue weighted by Gasteiger charge is 2.41. The Labute approximate surface area is 90.6 Å². The third-order valence-corrected chi connectivity index (χ3v) is 3.89. The molecule has 1 aliphatic carbocycles. The highest BCUT2D eigenvalue weighted by atomic mass is 16.5. The van der Waals surface area contributed by atoms with Crippen LogP contribution in [0, 0.1) is 0 Å². The number of methoxy groups -OCH3 is 1.